The van der Waals surface area contributed by atoms with Gasteiger partial charge in [-0.3, -0.25) is 0 Å². The van der Waals surface area contributed by atoms with Crippen LogP contribution in [0.4, 0.5) is 5.69 Å². The Balaban J connectivity index is 1.26. The summed E-state index contributed by atoms with van der Waals surface area (Å²) in [6.07, 6.45) is 0. The zero-order valence-corrected chi connectivity index (χ0v) is 26.9. The second-order valence-corrected chi connectivity index (χ2v) is 13.4. The first-order valence-corrected chi connectivity index (χ1v) is 16.9. The van der Waals surface area contributed by atoms with Crippen LogP contribution in [0.3, 0.4) is 0 Å². The minimum Gasteiger partial charge on any atom is -0.308 e. The van der Waals surface area contributed by atoms with Crippen molar-refractivity contribution in [1.82, 2.24) is 9.13 Å². The first kappa shape index (κ1) is 27.5. The number of para-hydroxylation sites is 4. The smallest absolute Gasteiger partial charge is 0.188 e. The second kappa shape index (κ2) is 10.4. The second-order valence-electron chi connectivity index (χ2n) is 12.3. The molecule has 0 N–H and O–H groups in total. The van der Waals surface area contributed by atoms with E-state index in [-0.39, 0.29) is 0 Å². The van der Waals surface area contributed by atoms with Crippen molar-refractivity contribution >= 4 is 80.8 Å². The van der Waals surface area contributed by atoms with Crippen LogP contribution in [0, 0.1) is 17.9 Å². The van der Waals surface area contributed by atoms with Crippen molar-refractivity contribution in [3.8, 4) is 28.6 Å². The Morgan fingerprint density at radius 2 is 1.29 bits per heavy atom. The molecule has 0 atom stereocenters. The fraction of sp³-hybridized carbons (Fsp3) is 0. The molecular weight excluding hydrogens is 617 g/mol. The molecule has 0 fully saturated rings. The number of thiophene rings is 1. The molecule has 0 saturated heterocycles. The topological polar surface area (TPSA) is 38.0 Å². The average molecular weight is 641 g/mol. The van der Waals surface area contributed by atoms with Crippen molar-refractivity contribution in [2.24, 2.45) is 0 Å². The van der Waals surface area contributed by atoms with Crippen LogP contribution in [-0.4, -0.2) is 9.13 Å². The van der Waals surface area contributed by atoms with Crippen LogP contribution < -0.4 is 0 Å². The molecule has 0 aliphatic heterocycles. The molecule has 3 aromatic heterocycles. The number of benzene rings is 7. The van der Waals surface area contributed by atoms with Crippen LogP contribution in [0.25, 0.3) is 91.1 Å². The molecule has 5 heteroatoms. The van der Waals surface area contributed by atoms with Gasteiger partial charge in [-0.15, -0.1) is 11.3 Å². The maximum Gasteiger partial charge on any atom is 0.188 e. The van der Waals surface area contributed by atoms with Crippen LogP contribution in [0.2, 0.25) is 0 Å². The molecule has 0 spiro atoms. The predicted molar refractivity (Wildman–Crippen MR) is 204 cm³/mol. The van der Waals surface area contributed by atoms with Crippen molar-refractivity contribution in [2.45, 2.75) is 0 Å². The van der Waals surface area contributed by atoms with Crippen LogP contribution in [-0.2, 0) is 0 Å². The molecule has 0 saturated carbocycles. The van der Waals surface area contributed by atoms with E-state index < -0.39 is 0 Å². The van der Waals surface area contributed by atoms with Gasteiger partial charge in [-0.25, -0.2) is 4.85 Å². The summed E-state index contributed by atoms with van der Waals surface area (Å²) < 4.78 is 7.08. The molecule has 0 radical (unpaired) electrons. The van der Waals surface area contributed by atoms with E-state index in [9.17, 15) is 5.26 Å². The summed E-state index contributed by atoms with van der Waals surface area (Å²) in [6.45, 7) is 7.62. The maximum absolute atomic E-state index is 10.5. The van der Waals surface area contributed by atoms with E-state index in [4.69, 9.17) is 6.57 Å². The van der Waals surface area contributed by atoms with Crippen molar-refractivity contribution < 1.29 is 0 Å². The van der Waals surface area contributed by atoms with Crippen LogP contribution in [0.1, 0.15) is 5.56 Å². The minimum absolute atomic E-state index is 0.596. The Morgan fingerprint density at radius 1 is 0.571 bits per heavy atom. The summed E-state index contributed by atoms with van der Waals surface area (Å²) in [5.74, 6) is 0. The van der Waals surface area contributed by atoms with E-state index in [1.807, 2.05) is 53.8 Å². The maximum atomic E-state index is 10.5. The lowest BCUT2D eigenvalue weighted by molar-refractivity contribution is 1.17. The molecule has 10 rings (SSSR count). The number of rotatable bonds is 3. The van der Waals surface area contributed by atoms with E-state index in [1.165, 1.54) is 42.0 Å². The van der Waals surface area contributed by atoms with Crippen LogP contribution >= 0.6 is 11.3 Å². The molecule has 10 aromatic rings. The average Bonchev–Trinajstić information content (AvgIpc) is 3.82. The molecule has 0 aliphatic rings. The molecule has 226 valence electrons. The number of nitrogens with zero attached hydrogens (tertiary/aromatic N) is 4. The SMILES string of the molecule is [C-]#[N+]c1ccc2c(c1)c1ccccc1n2-c1c(C#N)cccc1-c1ccc2sc3c(ccc4c5ccccc5n(-c5ccccc5)c43)c2c1. The lowest BCUT2D eigenvalue weighted by atomic mass is 9.98. The summed E-state index contributed by atoms with van der Waals surface area (Å²) in [4.78, 5) is 3.70. The van der Waals surface area contributed by atoms with Gasteiger partial charge < -0.3 is 9.13 Å². The third-order valence-corrected chi connectivity index (χ3v) is 11.0. The Kier molecular flexibility index (Phi) is 5.84. The zero-order chi connectivity index (χ0) is 32.6. The molecule has 49 heavy (non-hydrogen) atoms. The van der Waals surface area contributed by atoms with Gasteiger partial charge in [0.2, 0.25) is 0 Å². The van der Waals surface area contributed by atoms with E-state index in [1.54, 1.807) is 0 Å². The zero-order valence-electron chi connectivity index (χ0n) is 26.1. The molecule has 3 heterocycles. The number of aromatic nitrogens is 2. The minimum atomic E-state index is 0.596. The van der Waals surface area contributed by atoms with Crippen molar-refractivity contribution in [3.63, 3.8) is 0 Å². The Morgan fingerprint density at radius 3 is 2.08 bits per heavy atom. The number of nitriles is 1. The van der Waals surface area contributed by atoms with Gasteiger partial charge in [0.15, 0.2) is 5.69 Å². The van der Waals surface area contributed by atoms with Gasteiger partial charge >= 0.3 is 0 Å². The standard InChI is InChI=1S/C44H24N4S/c1-46-29-19-22-40-36(25-29)33-14-6-8-17-39(33)48(40)42-28(26-45)10-9-15-31(42)27-18-23-41-37(24-27)35-21-20-34-32-13-5-7-16-38(32)47(43(34)44(35)49-41)30-11-3-2-4-12-30/h2-25H. The largest absolute Gasteiger partial charge is 0.308 e. The monoisotopic (exact) mass is 640 g/mol. The third kappa shape index (κ3) is 3.88. The van der Waals surface area contributed by atoms with Crippen LogP contribution in [0.15, 0.2) is 146 Å². The number of hydrogen-bond acceptors (Lipinski definition) is 2. The van der Waals surface area contributed by atoms with Gasteiger partial charge in [0.05, 0.1) is 44.6 Å². The third-order valence-electron chi connectivity index (χ3n) is 9.76. The normalized spacial score (nSPS) is 11.6. The van der Waals surface area contributed by atoms with E-state index in [0.29, 0.717) is 11.3 Å². The lowest BCUT2D eigenvalue weighted by Crippen LogP contribution is -2.00. The lowest BCUT2D eigenvalue weighted by Gasteiger charge is -2.16. The van der Waals surface area contributed by atoms with Crippen molar-refractivity contribution in [2.75, 3.05) is 0 Å². The Hall–Kier alpha value is -6.66. The summed E-state index contributed by atoms with van der Waals surface area (Å²) in [5.41, 5.74) is 9.61. The fourth-order valence-electron chi connectivity index (χ4n) is 7.67. The van der Waals surface area contributed by atoms with Gasteiger partial charge in [0, 0.05) is 42.9 Å². The molecule has 4 nitrogen and oxygen atoms in total. The summed E-state index contributed by atoms with van der Waals surface area (Å²) in [7, 11) is 0. The molecular formula is C44H24N4S. The van der Waals surface area contributed by atoms with Gasteiger partial charge in [-0.05, 0) is 65.5 Å². The quantitative estimate of drug-likeness (QED) is 0.177. The Bertz CT molecular complexity index is 3070. The molecule has 0 amide bonds. The van der Waals surface area contributed by atoms with E-state index >= 15 is 0 Å². The van der Waals surface area contributed by atoms with Crippen molar-refractivity contribution in [1.29, 1.82) is 5.26 Å². The van der Waals surface area contributed by atoms with Crippen LogP contribution in [0.5, 0.6) is 0 Å². The molecule has 0 bridgehead atoms. The predicted octanol–water partition coefficient (Wildman–Crippen LogP) is 12.3. The Labute approximate surface area is 285 Å². The first-order chi connectivity index (χ1) is 24.2. The van der Waals surface area contributed by atoms with Gasteiger partial charge in [0.25, 0.3) is 0 Å². The van der Waals surface area contributed by atoms with Gasteiger partial charge in [-0.2, -0.15) is 5.26 Å². The fourth-order valence-corrected chi connectivity index (χ4v) is 8.89. The highest BCUT2D eigenvalue weighted by atomic mass is 32.1. The van der Waals surface area contributed by atoms with Crippen molar-refractivity contribution in [3.05, 3.63) is 163 Å². The first-order valence-electron chi connectivity index (χ1n) is 16.1. The number of fused-ring (bicyclic) bond motifs is 10. The van der Waals surface area contributed by atoms with E-state index in [0.717, 1.165) is 44.3 Å². The molecule has 0 aliphatic carbocycles. The highest BCUT2D eigenvalue weighted by molar-refractivity contribution is 7.26. The number of hydrogen-bond donors (Lipinski definition) is 0. The van der Waals surface area contributed by atoms with Gasteiger partial charge in [-0.1, -0.05) is 91.0 Å². The molecule has 0 unspecified atom stereocenters. The summed E-state index contributed by atoms with van der Waals surface area (Å²) >= 11 is 1.83. The highest BCUT2D eigenvalue weighted by Crippen LogP contribution is 2.45. The van der Waals surface area contributed by atoms with E-state index in [2.05, 4.69) is 123 Å². The molecule has 7 aromatic carbocycles. The summed E-state index contributed by atoms with van der Waals surface area (Å²) in [6, 6.07) is 53.1. The van der Waals surface area contributed by atoms with Gasteiger partial charge in [0.1, 0.15) is 6.07 Å². The highest BCUT2D eigenvalue weighted by Gasteiger charge is 2.21. The summed E-state index contributed by atoms with van der Waals surface area (Å²) in [5, 5.41) is 17.4.